The van der Waals surface area contributed by atoms with Crippen molar-refractivity contribution in [2.24, 2.45) is 4.99 Å². The van der Waals surface area contributed by atoms with Crippen LogP contribution in [0, 0.1) is 13.8 Å². The van der Waals surface area contributed by atoms with Gasteiger partial charge in [-0.05, 0) is 31.5 Å². The zero-order valence-corrected chi connectivity index (χ0v) is 16.6. The minimum atomic E-state index is -3.01. The van der Waals surface area contributed by atoms with Crippen molar-refractivity contribution in [3.63, 3.8) is 0 Å². The summed E-state index contributed by atoms with van der Waals surface area (Å²) in [6.45, 7) is 4.14. The molecule has 1 saturated heterocycles. The van der Waals surface area contributed by atoms with Crippen molar-refractivity contribution in [1.82, 2.24) is 0 Å². The predicted octanol–water partition coefficient (Wildman–Crippen LogP) is 3.58. The Labute approximate surface area is 159 Å². The molecule has 0 spiro atoms. The summed E-state index contributed by atoms with van der Waals surface area (Å²) >= 11 is 1.69. The van der Waals surface area contributed by atoms with E-state index in [1.165, 1.54) is 16.7 Å². The summed E-state index contributed by atoms with van der Waals surface area (Å²) in [6.07, 6.45) is 0. The fraction of sp³-hybridized carbons (Fsp3) is 0.350. The summed E-state index contributed by atoms with van der Waals surface area (Å²) < 4.78 is 24.2. The summed E-state index contributed by atoms with van der Waals surface area (Å²) in [5.41, 5.74) is 4.71. The molecule has 0 unspecified atom stereocenters. The molecule has 0 bridgehead atoms. The molecule has 1 fully saturated rings. The van der Waals surface area contributed by atoms with Crippen molar-refractivity contribution in [2.75, 3.05) is 16.4 Å². The van der Waals surface area contributed by atoms with Gasteiger partial charge in [-0.1, -0.05) is 59.3 Å². The van der Waals surface area contributed by atoms with Gasteiger partial charge in [-0.25, -0.2) is 8.42 Å². The zero-order valence-electron chi connectivity index (χ0n) is 14.9. The van der Waals surface area contributed by atoms with E-state index in [0.717, 1.165) is 16.6 Å². The smallest absolute Gasteiger partial charge is 0.164 e. The van der Waals surface area contributed by atoms with Crippen molar-refractivity contribution in [3.05, 3.63) is 65.2 Å². The molecule has 2 aliphatic rings. The average Bonchev–Trinajstić information content (AvgIpc) is 3.06. The van der Waals surface area contributed by atoms with Gasteiger partial charge in [0.05, 0.1) is 23.6 Å². The Kier molecular flexibility index (Phi) is 4.57. The number of nitrogens with zero attached hydrogens (tertiary/aromatic N) is 2. The molecular formula is C20H22N2O2S2. The van der Waals surface area contributed by atoms with Crippen molar-refractivity contribution in [2.45, 2.75) is 31.7 Å². The molecule has 0 saturated carbocycles. The highest BCUT2D eigenvalue weighted by molar-refractivity contribution is 8.13. The number of anilines is 1. The Balaban J connectivity index is 1.60. The number of thioether (sulfide) groups is 1. The second-order valence-corrected chi connectivity index (χ2v) is 10.2. The number of benzene rings is 2. The maximum atomic E-state index is 12.1. The monoisotopic (exact) mass is 386 g/mol. The van der Waals surface area contributed by atoms with Crippen LogP contribution in [0.2, 0.25) is 0 Å². The standard InChI is InChI=1S/C20H22N2O2S2/c1-14-3-7-16(8-4-14)11-25-20-21-18-12-26(23,24)13-19(18)22(20)17-9-5-15(2)6-10-17/h3-10,18-19H,11-13H2,1-2H3/t18-,19-/m1/s1. The molecule has 26 heavy (non-hydrogen) atoms. The molecule has 4 nitrogen and oxygen atoms in total. The second-order valence-electron chi connectivity index (χ2n) is 7.10. The third-order valence-electron chi connectivity index (χ3n) is 4.91. The molecule has 2 aliphatic heterocycles. The predicted molar refractivity (Wildman–Crippen MR) is 110 cm³/mol. The topological polar surface area (TPSA) is 49.7 Å². The van der Waals surface area contributed by atoms with Gasteiger partial charge in [0.2, 0.25) is 0 Å². The Morgan fingerprint density at radius 3 is 2.27 bits per heavy atom. The van der Waals surface area contributed by atoms with Crippen LogP contribution in [-0.4, -0.2) is 37.2 Å². The Bertz CT molecular complexity index is 935. The zero-order chi connectivity index (χ0) is 18.3. The molecule has 136 valence electrons. The SMILES string of the molecule is Cc1ccc(CSC2=N[C@@H]3CS(=O)(=O)C[C@H]3N2c2ccc(C)cc2)cc1. The maximum absolute atomic E-state index is 12.1. The van der Waals surface area contributed by atoms with Crippen LogP contribution in [0.3, 0.4) is 0 Å². The lowest BCUT2D eigenvalue weighted by Crippen LogP contribution is -2.39. The minimum Gasteiger partial charge on any atom is -0.315 e. The van der Waals surface area contributed by atoms with E-state index in [-0.39, 0.29) is 23.6 Å². The normalized spacial score (nSPS) is 23.8. The van der Waals surface area contributed by atoms with Crippen LogP contribution in [-0.2, 0) is 15.6 Å². The number of hydrogen-bond acceptors (Lipinski definition) is 5. The fourth-order valence-electron chi connectivity index (χ4n) is 3.47. The molecular weight excluding hydrogens is 364 g/mol. The van der Waals surface area contributed by atoms with Gasteiger partial charge in [0.25, 0.3) is 0 Å². The van der Waals surface area contributed by atoms with Gasteiger partial charge in [0, 0.05) is 11.4 Å². The molecule has 2 aromatic carbocycles. The van der Waals surface area contributed by atoms with E-state index in [4.69, 9.17) is 4.99 Å². The number of aliphatic imine (C=N–C) groups is 1. The lowest BCUT2D eigenvalue weighted by atomic mass is 10.1. The first-order valence-corrected chi connectivity index (χ1v) is 11.5. The van der Waals surface area contributed by atoms with Crippen molar-refractivity contribution < 1.29 is 8.42 Å². The highest BCUT2D eigenvalue weighted by Crippen LogP contribution is 2.36. The van der Waals surface area contributed by atoms with Gasteiger partial charge < -0.3 is 4.90 Å². The molecule has 6 heteroatoms. The molecule has 0 N–H and O–H groups in total. The molecule has 4 rings (SSSR count). The first kappa shape index (κ1) is 17.6. The third kappa shape index (κ3) is 3.53. The molecule has 0 amide bonds. The van der Waals surface area contributed by atoms with E-state index >= 15 is 0 Å². The molecule has 2 aromatic rings. The van der Waals surface area contributed by atoms with E-state index in [1.54, 1.807) is 11.8 Å². The number of rotatable bonds is 3. The van der Waals surface area contributed by atoms with Gasteiger partial charge in [-0.15, -0.1) is 0 Å². The Morgan fingerprint density at radius 1 is 1.00 bits per heavy atom. The lowest BCUT2D eigenvalue weighted by molar-refractivity contribution is 0.601. The Morgan fingerprint density at radius 2 is 1.62 bits per heavy atom. The van der Waals surface area contributed by atoms with E-state index < -0.39 is 9.84 Å². The van der Waals surface area contributed by atoms with Crippen LogP contribution in [0.5, 0.6) is 0 Å². The van der Waals surface area contributed by atoms with Crippen molar-refractivity contribution >= 4 is 32.5 Å². The number of fused-ring (bicyclic) bond motifs is 1. The summed E-state index contributed by atoms with van der Waals surface area (Å²) in [5, 5.41) is 0.930. The van der Waals surface area contributed by atoms with Gasteiger partial charge >= 0.3 is 0 Å². The maximum Gasteiger partial charge on any atom is 0.164 e. The van der Waals surface area contributed by atoms with Crippen LogP contribution in [0.1, 0.15) is 16.7 Å². The number of amidine groups is 1. The van der Waals surface area contributed by atoms with Crippen molar-refractivity contribution in [3.8, 4) is 0 Å². The van der Waals surface area contributed by atoms with E-state index in [1.807, 2.05) is 0 Å². The highest BCUT2D eigenvalue weighted by atomic mass is 32.2. The number of sulfone groups is 1. The van der Waals surface area contributed by atoms with E-state index in [9.17, 15) is 8.42 Å². The van der Waals surface area contributed by atoms with Crippen LogP contribution in [0.4, 0.5) is 5.69 Å². The van der Waals surface area contributed by atoms with Gasteiger partial charge in [-0.3, -0.25) is 4.99 Å². The molecule has 0 aromatic heterocycles. The van der Waals surface area contributed by atoms with E-state index in [2.05, 4.69) is 67.3 Å². The molecule has 0 radical (unpaired) electrons. The fourth-order valence-corrected chi connectivity index (χ4v) is 6.40. The van der Waals surface area contributed by atoms with Crippen LogP contribution in [0.15, 0.2) is 53.5 Å². The largest absolute Gasteiger partial charge is 0.315 e. The van der Waals surface area contributed by atoms with Gasteiger partial charge in [-0.2, -0.15) is 0 Å². The number of hydrogen-bond donors (Lipinski definition) is 0. The highest BCUT2D eigenvalue weighted by Gasteiger charge is 2.47. The first-order chi connectivity index (χ1) is 12.4. The molecule has 2 heterocycles. The minimum absolute atomic E-state index is 0.0803. The molecule has 0 aliphatic carbocycles. The Hall–Kier alpha value is -1.79. The van der Waals surface area contributed by atoms with Crippen LogP contribution >= 0.6 is 11.8 Å². The van der Waals surface area contributed by atoms with Crippen LogP contribution in [0.25, 0.3) is 0 Å². The quantitative estimate of drug-likeness (QED) is 0.809. The summed E-state index contributed by atoms with van der Waals surface area (Å²) in [5.74, 6) is 1.17. The summed E-state index contributed by atoms with van der Waals surface area (Å²) in [6, 6.07) is 16.5. The number of aryl methyl sites for hydroxylation is 2. The molecule has 2 atom stereocenters. The van der Waals surface area contributed by atoms with Gasteiger partial charge in [0.1, 0.15) is 0 Å². The van der Waals surface area contributed by atoms with Crippen molar-refractivity contribution in [1.29, 1.82) is 0 Å². The van der Waals surface area contributed by atoms with Gasteiger partial charge in [0.15, 0.2) is 15.0 Å². The van der Waals surface area contributed by atoms with Crippen LogP contribution < -0.4 is 4.90 Å². The summed E-state index contributed by atoms with van der Waals surface area (Å²) in [7, 11) is -3.01. The average molecular weight is 387 g/mol. The lowest BCUT2D eigenvalue weighted by Gasteiger charge is -2.26. The first-order valence-electron chi connectivity index (χ1n) is 8.74. The van der Waals surface area contributed by atoms with E-state index in [0.29, 0.717) is 0 Å². The second kappa shape index (κ2) is 6.74. The summed E-state index contributed by atoms with van der Waals surface area (Å²) in [4.78, 5) is 6.92. The third-order valence-corrected chi connectivity index (χ3v) is 7.64.